The summed E-state index contributed by atoms with van der Waals surface area (Å²) in [6.07, 6.45) is 0. The molecule has 1 rings (SSSR count). The zero-order valence-electron chi connectivity index (χ0n) is 4.95. The molecule has 0 saturated carbocycles. The number of hydrogen-bond donors (Lipinski definition) is 1. The molecular formula is C5H7N2Si. The van der Waals surface area contributed by atoms with Gasteiger partial charge in [-0.25, -0.2) is 4.98 Å². The molecule has 3 radical (unpaired) electrons. The van der Waals surface area contributed by atoms with Crippen molar-refractivity contribution in [3.63, 3.8) is 0 Å². The molecule has 0 amide bonds. The zero-order chi connectivity index (χ0) is 6.15. The van der Waals surface area contributed by atoms with E-state index in [0.717, 1.165) is 16.8 Å². The van der Waals surface area contributed by atoms with Crippen LogP contribution < -0.4 is 5.32 Å². The zero-order valence-corrected chi connectivity index (χ0v) is 5.95. The second-order valence-corrected chi connectivity index (χ2v) is 2.27. The fourth-order valence-electron chi connectivity index (χ4n) is 0.610. The lowest BCUT2D eigenvalue weighted by Gasteiger charge is -1.79. The summed E-state index contributed by atoms with van der Waals surface area (Å²) < 4.78 is 0. The minimum atomic E-state index is 0.905. The molecule has 0 atom stereocenters. The van der Waals surface area contributed by atoms with Crippen molar-refractivity contribution in [3.05, 3.63) is 11.5 Å². The molecule has 0 aliphatic carbocycles. The largest absolute Gasteiger partial charge is 0.347 e. The molecule has 1 heterocycles. The van der Waals surface area contributed by atoms with Crippen LogP contribution in [0.25, 0.3) is 0 Å². The molecule has 0 unspecified atom stereocenters. The first-order chi connectivity index (χ1) is 3.70. The molecule has 0 bridgehead atoms. The minimum absolute atomic E-state index is 0.905. The van der Waals surface area contributed by atoms with Gasteiger partial charge in [0, 0.05) is 11.0 Å². The Morgan fingerprint density at radius 1 is 1.50 bits per heavy atom. The Kier molecular flexibility index (Phi) is 1.21. The van der Waals surface area contributed by atoms with Gasteiger partial charge in [0.15, 0.2) is 0 Å². The van der Waals surface area contributed by atoms with E-state index < -0.39 is 0 Å². The monoisotopic (exact) mass is 123 g/mol. The smallest absolute Gasteiger partial charge is 0.102 e. The standard InChI is InChI=1S/C5H7N2Si/c1-3-5(8)7-4(2)6-3/h1-2H3,(H,6,7). The van der Waals surface area contributed by atoms with Gasteiger partial charge in [0.2, 0.25) is 0 Å². The molecule has 1 aromatic heterocycles. The van der Waals surface area contributed by atoms with Crippen molar-refractivity contribution in [2.24, 2.45) is 0 Å². The third kappa shape index (κ3) is 0.814. The highest BCUT2D eigenvalue weighted by molar-refractivity contribution is 6.31. The van der Waals surface area contributed by atoms with E-state index in [1.165, 1.54) is 0 Å². The van der Waals surface area contributed by atoms with Gasteiger partial charge in [0.1, 0.15) is 16.1 Å². The Morgan fingerprint density at radius 2 is 2.12 bits per heavy atom. The summed E-state index contributed by atoms with van der Waals surface area (Å²) in [4.78, 5) is 7.12. The van der Waals surface area contributed by atoms with Crippen LogP contribution in [0.3, 0.4) is 0 Å². The number of imidazole rings is 1. The van der Waals surface area contributed by atoms with Crippen LogP contribution in [0, 0.1) is 13.8 Å². The summed E-state index contributed by atoms with van der Waals surface area (Å²) in [5.74, 6) is 0.951. The number of nitrogens with one attached hydrogen (secondary N) is 1. The molecule has 1 N–H and O–H groups in total. The molecule has 1 aromatic rings. The van der Waals surface area contributed by atoms with Crippen LogP contribution in [-0.4, -0.2) is 20.2 Å². The Labute approximate surface area is 51.8 Å². The quantitative estimate of drug-likeness (QED) is 0.476. The summed E-state index contributed by atoms with van der Waals surface area (Å²) in [5, 5.41) is 0.905. The third-order valence-electron chi connectivity index (χ3n) is 1.00. The van der Waals surface area contributed by atoms with E-state index in [0.29, 0.717) is 0 Å². The molecular weight excluding hydrogens is 116 g/mol. The van der Waals surface area contributed by atoms with Crippen molar-refractivity contribution in [2.45, 2.75) is 13.8 Å². The molecule has 41 valence electrons. The first-order valence-electron chi connectivity index (χ1n) is 2.45. The minimum Gasteiger partial charge on any atom is -0.347 e. The number of hydrogen-bond acceptors (Lipinski definition) is 1. The van der Waals surface area contributed by atoms with E-state index in [2.05, 4.69) is 20.2 Å². The lowest BCUT2D eigenvalue weighted by atomic mass is 10.6. The second kappa shape index (κ2) is 1.74. The highest BCUT2D eigenvalue weighted by Crippen LogP contribution is 1.86. The molecule has 0 aromatic carbocycles. The maximum Gasteiger partial charge on any atom is 0.102 e. The molecule has 8 heavy (non-hydrogen) atoms. The number of aromatic nitrogens is 2. The lowest BCUT2D eigenvalue weighted by molar-refractivity contribution is 1.13. The number of aryl methyl sites for hydroxylation is 2. The van der Waals surface area contributed by atoms with E-state index >= 15 is 0 Å². The second-order valence-electron chi connectivity index (χ2n) is 1.80. The molecule has 2 nitrogen and oxygen atoms in total. The summed E-state index contributed by atoms with van der Waals surface area (Å²) >= 11 is 0. The fraction of sp³-hybridized carbons (Fsp3) is 0.400. The van der Waals surface area contributed by atoms with Crippen LogP contribution >= 0.6 is 0 Å². The van der Waals surface area contributed by atoms with Crippen molar-refractivity contribution in [2.75, 3.05) is 0 Å². The van der Waals surface area contributed by atoms with Gasteiger partial charge in [-0.15, -0.1) is 0 Å². The molecule has 0 spiro atoms. The van der Waals surface area contributed by atoms with Gasteiger partial charge in [-0.2, -0.15) is 0 Å². The number of aromatic amines is 1. The first-order valence-corrected chi connectivity index (χ1v) is 2.95. The molecule has 0 fully saturated rings. The highest BCUT2D eigenvalue weighted by atomic mass is 28.1. The molecule has 3 heteroatoms. The van der Waals surface area contributed by atoms with Crippen molar-refractivity contribution in [1.29, 1.82) is 0 Å². The number of rotatable bonds is 0. The highest BCUT2D eigenvalue weighted by Gasteiger charge is 1.94. The van der Waals surface area contributed by atoms with Gasteiger partial charge in [-0.1, -0.05) is 0 Å². The topological polar surface area (TPSA) is 28.7 Å². The van der Waals surface area contributed by atoms with Gasteiger partial charge < -0.3 is 4.98 Å². The van der Waals surface area contributed by atoms with Gasteiger partial charge in [0.25, 0.3) is 0 Å². The van der Waals surface area contributed by atoms with Crippen LogP contribution in [0.5, 0.6) is 0 Å². The molecule has 0 aliphatic heterocycles. The van der Waals surface area contributed by atoms with Crippen LogP contribution in [0.1, 0.15) is 11.5 Å². The van der Waals surface area contributed by atoms with Crippen LogP contribution in [0.2, 0.25) is 0 Å². The van der Waals surface area contributed by atoms with Crippen molar-refractivity contribution >= 4 is 15.6 Å². The SMILES string of the molecule is Cc1nc([Si])c(C)[nH]1. The van der Waals surface area contributed by atoms with Crippen LogP contribution in [0.4, 0.5) is 0 Å². The predicted molar refractivity (Wildman–Crippen MR) is 33.4 cm³/mol. The van der Waals surface area contributed by atoms with Crippen LogP contribution in [0.15, 0.2) is 0 Å². The maximum absolute atomic E-state index is 4.07. The summed E-state index contributed by atoms with van der Waals surface area (Å²) in [6, 6.07) is 0. The van der Waals surface area contributed by atoms with Gasteiger partial charge >= 0.3 is 0 Å². The average Bonchev–Trinajstić information content (AvgIpc) is 1.85. The Morgan fingerprint density at radius 3 is 2.25 bits per heavy atom. The third-order valence-corrected chi connectivity index (χ3v) is 1.49. The number of nitrogens with zero attached hydrogens (tertiary/aromatic N) is 1. The summed E-state index contributed by atoms with van der Waals surface area (Å²) in [6.45, 7) is 3.90. The summed E-state index contributed by atoms with van der Waals surface area (Å²) in [7, 11) is 3.32. The first kappa shape index (κ1) is 5.56. The predicted octanol–water partition coefficient (Wildman–Crippen LogP) is -0.180. The normalized spacial score (nSPS) is 9.88. The fourth-order valence-corrected chi connectivity index (χ4v) is 0.840. The lowest BCUT2D eigenvalue weighted by Crippen LogP contribution is -2.05. The van der Waals surface area contributed by atoms with E-state index in [4.69, 9.17) is 0 Å². The van der Waals surface area contributed by atoms with Crippen molar-refractivity contribution < 1.29 is 0 Å². The Bertz CT molecular complexity index is 173. The summed E-state index contributed by atoms with van der Waals surface area (Å²) in [5.41, 5.74) is 1.08. The van der Waals surface area contributed by atoms with Gasteiger partial charge in [-0.3, -0.25) is 0 Å². The Balaban J connectivity index is 3.14. The van der Waals surface area contributed by atoms with E-state index in [9.17, 15) is 0 Å². The van der Waals surface area contributed by atoms with Crippen LogP contribution in [-0.2, 0) is 0 Å². The number of H-pyrrole nitrogens is 1. The van der Waals surface area contributed by atoms with E-state index in [1.54, 1.807) is 0 Å². The molecule has 0 saturated heterocycles. The van der Waals surface area contributed by atoms with Gasteiger partial charge in [-0.05, 0) is 13.8 Å². The van der Waals surface area contributed by atoms with Gasteiger partial charge in [0.05, 0.1) is 0 Å². The van der Waals surface area contributed by atoms with E-state index in [1.807, 2.05) is 13.8 Å². The van der Waals surface area contributed by atoms with Crippen molar-refractivity contribution in [3.8, 4) is 0 Å². The molecule has 0 aliphatic rings. The van der Waals surface area contributed by atoms with Crippen molar-refractivity contribution in [1.82, 2.24) is 9.97 Å². The maximum atomic E-state index is 4.07. The Hall–Kier alpha value is -0.573. The average molecular weight is 123 g/mol. The van der Waals surface area contributed by atoms with E-state index in [-0.39, 0.29) is 0 Å².